The van der Waals surface area contributed by atoms with E-state index in [2.05, 4.69) is 15.3 Å². The van der Waals surface area contributed by atoms with Gasteiger partial charge in [-0.05, 0) is 43.5 Å². The van der Waals surface area contributed by atoms with Crippen molar-refractivity contribution >= 4 is 0 Å². The molecule has 24 heavy (non-hydrogen) atoms. The van der Waals surface area contributed by atoms with E-state index < -0.39 is 0 Å². The number of benzene rings is 1. The fourth-order valence-corrected chi connectivity index (χ4v) is 2.49. The van der Waals surface area contributed by atoms with Crippen molar-refractivity contribution in [1.82, 2.24) is 20.0 Å². The highest BCUT2D eigenvalue weighted by Gasteiger charge is 2.03. The highest BCUT2D eigenvalue weighted by molar-refractivity contribution is 5.55. The van der Waals surface area contributed by atoms with E-state index in [-0.39, 0.29) is 0 Å². The van der Waals surface area contributed by atoms with Gasteiger partial charge in [-0.25, -0.2) is 0 Å². The Kier molecular flexibility index (Phi) is 5.94. The molecule has 0 aliphatic rings. The number of ether oxygens (including phenoxy) is 1. The van der Waals surface area contributed by atoms with Crippen LogP contribution in [0.4, 0.5) is 0 Å². The van der Waals surface area contributed by atoms with Gasteiger partial charge in [0, 0.05) is 24.5 Å². The minimum Gasteiger partial charge on any atom is -0.494 e. The second kappa shape index (κ2) is 8.82. The summed E-state index contributed by atoms with van der Waals surface area (Å²) in [6, 6.07) is 13.9. The molecular weight excluding hydrogens is 300 g/mol. The van der Waals surface area contributed by atoms with E-state index in [0.29, 0.717) is 0 Å². The monoisotopic (exact) mass is 322 g/mol. The molecule has 5 heteroatoms. The minimum absolute atomic E-state index is 0.776. The van der Waals surface area contributed by atoms with Crippen LogP contribution in [0.2, 0.25) is 0 Å². The van der Waals surface area contributed by atoms with Gasteiger partial charge in [0.25, 0.3) is 0 Å². The zero-order valence-corrected chi connectivity index (χ0v) is 13.7. The molecule has 0 radical (unpaired) electrons. The zero-order chi connectivity index (χ0) is 16.5. The highest BCUT2D eigenvalue weighted by Crippen LogP contribution is 2.14. The van der Waals surface area contributed by atoms with Crippen LogP contribution in [0.3, 0.4) is 0 Å². The summed E-state index contributed by atoms with van der Waals surface area (Å²) in [4.78, 5) is 4.11. The number of para-hydroxylation sites is 1. The molecule has 0 aliphatic carbocycles. The molecule has 0 bridgehead atoms. The number of pyridine rings is 1. The Balaban J connectivity index is 1.30. The average Bonchev–Trinajstić information content (AvgIpc) is 3.11. The van der Waals surface area contributed by atoms with Crippen LogP contribution in [-0.4, -0.2) is 26.6 Å². The van der Waals surface area contributed by atoms with E-state index in [1.54, 1.807) is 12.4 Å². The number of aromatic nitrogens is 4. The number of hydrogen-bond acceptors (Lipinski definition) is 4. The third kappa shape index (κ3) is 4.91. The number of hydrogen-bond donors (Lipinski definition) is 0. The highest BCUT2D eigenvalue weighted by atomic mass is 16.5. The van der Waals surface area contributed by atoms with Crippen LogP contribution in [0.5, 0.6) is 5.75 Å². The number of nitrogens with zero attached hydrogens (tertiary/aromatic N) is 4. The first-order valence-electron chi connectivity index (χ1n) is 8.40. The third-order valence-corrected chi connectivity index (χ3v) is 3.79. The molecular formula is C19H22N4O. The Labute approximate surface area is 142 Å². The molecule has 1 aromatic carbocycles. The Morgan fingerprint density at radius 1 is 0.917 bits per heavy atom. The summed E-state index contributed by atoms with van der Waals surface area (Å²) < 4.78 is 7.60. The van der Waals surface area contributed by atoms with Crippen molar-refractivity contribution in [3.63, 3.8) is 0 Å². The van der Waals surface area contributed by atoms with Crippen molar-refractivity contribution < 1.29 is 4.74 Å². The van der Waals surface area contributed by atoms with Gasteiger partial charge in [-0.1, -0.05) is 29.8 Å². The van der Waals surface area contributed by atoms with Crippen molar-refractivity contribution in [1.29, 1.82) is 0 Å². The maximum atomic E-state index is 5.69. The molecule has 0 aliphatic heterocycles. The smallest absolute Gasteiger partial charge is 0.119 e. The molecule has 0 amide bonds. The van der Waals surface area contributed by atoms with Crippen LogP contribution in [0.1, 0.15) is 25.7 Å². The lowest BCUT2D eigenvalue weighted by atomic mass is 10.2. The zero-order valence-electron chi connectivity index (χ0n) is 13.7. The molecule has 5 nitrogen and oxygen atoms in total. The van der Waals surface area contributed by atoms with Crippen molar-refractivity contribution in [3.05, 3.63) is 61.1 Å². The van der Waals surface area contributed by atoms with Crippen molar-refractivity contribution in [2.24, 2.45) is 0 Å². The van der Waals surface area contributed by atoms with Crippen molar-refractivity contribution in [2.45, 2.75) is 32.2 Å². The maximum absolute atomic E-state index is 5.69. The predicted molar refractivity (Wildman–Crippen MR) is 93.7 cm³/mol. The first-order chi connectivity index (χ1) is 11.9. The van der Waals surface area contributed by atoms with Gasteiger partial charge in [-0.2, -0.15) is 0 Å². The fourth-order valence-electron chi connectivity index (χ4n) is 2.49. The molecule has 3 aromatic rings. The summed E-state index contributed by atoms with van der Waals surface area (Å²) in [6.45, 7) is 1.67. The van der Waals surface area contributed by atoms with Gasteiger partial charge in [-0.3, -0.25) is 9.67 Å². The van der Waals surface area contributed by atoms with Crippen molar-refractivity contribution in [3.8, 4) is 17.0 Å². The van der Waals surface area contributed by atoms with Gasteiger partial charge in [0.1, 0.15) is 11.4 Å². The van der Waals surface area contributed by atoms with E-state index >= 15 is 0 Å². The van der Waals surface area contributed by atoms with E-state index in [4.69, 9.17) is 4.74 Å². The second-order valence-electron chi connectivity index (χ2n) is 5.68. The minimum atomic E-state index is 0.776. The summed E-state index contributed by atoms with van der Waals surface area (Å²) >= 11 is 0. The normalized spacial score (nSPS) is 10.7. The molecule has 0 spiro atoms. The predicted octanol–water partition coefficient (Wildman–Crippen LogP) is 3.98. The molecule has 0 atom stereocenters. The summed E-state index contributed by atoms with van der Waals surface area (Å²) in [6.07, 6.45) is 10.1. The molecule has 0 unspecified atom stereocenters. The average molecular weight is 322 g/mol. The Bertz CT molecular complexity index is 713. The topological polar surface area (TPSA) is 52.8 Å². The van der Waals surface area contributed by atoms with Gasteiger partial charge < -0.3 is 4.74 Å². The van der Waals surface area contributed by atoms with Crippen LogP contribution in [0.15, 0.2) is 61.1 Å². The largest absolute Gasteiger partial charge is 0.494 e. The van der Waals surface area contributed by atoms with Gasteiger partial charge in [0.05, 0.1) is 12.8 Å². The quantitative estimate of drug-likeness (QED) is 0.559. The molecule has 0 N–H and O–H groups in total. The number of rotatable bonds is 9. The van der Waals surface area contributed by atoms with Gasteiger partial charge in [0.15, 0.2) is 0 Å². The maximum Gasteiger partial charge on any atom is 0.119 e. The van der Waals surface area contributed by atoms with Gasteiger partial charge >= 0.3 is 0 Å². The van der Waals surface area contributed by atoms with Crippen LogP contribution < -0.4 is 4.74 Å². The lowest BCUT2D eigenvalue weighted by Crippen LogP contribution is -2.00. The van der Waals surface area contributed by atoms with Crippen LogP contribution in [-0.2, 0) is 6.54 Å². The molecule has 0 fully saturated rings. The van der Waals surface area contributed by atoms with Gasteiger partial charge in [0.2, 0.25) is 0 Å². The Hall–Kier alpha value is -2.69. The molecule has 124 valence electrons. The van der Waals surface area contributed by atoms with Gasteiger partial charge in [-0.15, -0.1) is 5.10 Å². The SMILES string of the molecule is c1ccc(OCCCCCCn2cc(-c3cccnc3)nn2)cc1. The molecule has 0 saturated carbocycles. The first-order valence-corrected chi connectivity index (χ1v) is 8.40. The molecule has 2 aromatic heterocycles. The van der Waals surface area contributed by atoms with E-state index in [0.717, 1.165) is 49.4 Å². The van der Waals surface area contributed by atoms with Crippen molar-refractivity contribution in [2.75, 3.05) is 6.61 Å². The van der Waals surface area contributed by atoms with E-state index in [1.165, 1.54) is 6.42 Å². The lowest BCUT2D eigenvalue weighted by Gasteiger charge is -2.05. The van der Waals surface area contributed by atoms with E-state index in [1.807, 2.05) is 53.3 Å². The number of aryl methyl sites for hydroxylation is 1. The Morgan fingerprint density at radius 3 is 2.62 bits per heavy atom. The van der Waals surface area contributed by atoms with E-state index in [9.17, 15) is 0 Å². The fraction of sp³-hybridized carbons (Fsp3) is 0.316. The summed E-state index contributed by atoms with van der Waals surface area (Å²) in [7, 11) is 0. The van der Waals surface area contributed by atoms with Crippen LogP contribution >= 0.6 is 0 Å². The lowest BCUT2D eigenvalue weighted by molar-refractivity contribution is 0.304. The van der Waals surface area contributed by atoms with Crippen LogP contribution in [0.25, 0.3) is 11.3 Å². The third-order valence-electron chi connectivity index (χ3n) is 3.79. The summed E-state index contributed by atoms with van der Waals surface area (Å²) in [5.41, 5.74) is 1.88. The first kappa shape index (κ1) is 16.2. The second-order valence-corrected chi connectivity index (χ2v) is 5.68. The summed E-state index contributed by atoms with van der Waals surface area (Å²) in [5.74, 6) is 0.947. The number of unbranched alkanes of at least 4 members (excludes halogenated alkanes) is 3. The Morgan fingerprint density at radius 2 is 1.79 bits per heavy atom. The van der Waals surface area contributed by atoms with Crippen LogP contribution in [0, 0.1) is 0 Å². The standard InChI is InChI=1S/C19H22N4O/c1(2-7-14-24-18-10-4-3-5-11-18)6-13-23-16-19(21-22-23)17-9-8-12-20-15-17/h3-5,8-12,15-16H,1-2,6-7,13-14H2. The molecule has 2 heterocycles. The molecule has 3 rings (SSSR count). The molecule has 0 saturated heterocycles. The summed E-state index contributed by atoms with van der Waals surface area (Å²) in [5, 5.41) is 8.38.